The highest BCUT2D eigenvalue weighted by Gasteiger charge is 2.55. The van der Waals surface area contributed by atoms with Gasteiger partial charge in [-0.3, -0.25) is 14.4 Å². The van der Waals surface area contributed by atoms with Crippen LogP contribution in [-0.4, -0.2) is 90.1 Å². The Morgan fingerprint density at radius 2 is 1.56 bits per heavy atom. The molecular formula is C37H53ClN4O6. The summed E-state index contributed by atoms with van der Waals surface area (Å²) in [4.78, 5) is 43.5. The lowest BCUT2D eigenvalue weighted by Crippen LogP contribution is -2.75. The van der Waals surface area contributed by atoms with Crippen molar-refractivity contribution in [2.75, 3.05) is 39.8 Å². The molecule has 10 nitrogen and oxygen atoms in total. The number of ether oxygens (including phenoxy) is 2. The molecule has 0 bridgehead atoms. The van der Waals surface area contributed by atoms with Crippen molar-refractivity contribution >= 4 is 30.1 Å². The topological polar surface area (TPSA) is 120 Å². The van der Waals surface area contributed by atoms with Gasteiger partial charge in [0.25, 0.3) is 5.91 Å². The van der Waals surface area contributed by atoms with E-state index in [9.17, 15) is 19.5 Å². The number of nitrogens with one attached hydrogen (secondary N) is 2. The Bertz CT molecular complexity index is 1330. The second-order valence-electron chi connectivity index (χ2n) is 13.3. The zero-order valence-corrected chi connectivity index (χ0v) is 29.3. The molecule has 0 radical (unpaired) electrons. The number of amides is 3. The number of hydrogen-bond donors (Lipinski definition) is 3. The predicted octanol–water partition coefficient (Wildman–Crippen LogP) is 5.32. The van der Waals surface area contributed by atoms with Gasteiger partial charge in [-0.2, -0.15) is 0 Å². The summed E-state index contributed by atoms with van der Waals surface area (Å²) in [6.45, 7) is 5.70. The van der Waals surface area contributed by atoms with Gasteiger partial charge in [0.2, 0.25) is 11.8 Å². The molecule has 2 heterocycles. The molecule has 11 heteroatoms. The van der Waals surface area contributed by atoms with Crippen molar-refractivity contribution in [3.63, 3.8) is 0 Å². The highest BCUT2D eigenvalue weighted by atomic mass is 35.5. The minimum absolute atomic E-state index is 0. The number of benzene rings is 2. The molecule has 3 fully saturated rings. The minimum Gasteiger partial charge on any atom is -0.494 e. The van der Waals surface area contributed by atoms with Gasteiger partial charge in [0.1, 0.15) is 28.8 Å². The number of carbonyl (C=O) groups excluding carboxylic acids is 3. The lowest BCUT2D eigenvalue weighted by molar-refractivity contribution is -0.165. The summed E-state index contributed by atoms with van der Waals surface area (Å²) in [7, 11) is 1.60. The van der Waals surface area contributed by atoms with Crippen LogP contribution in [0.15, 0.2) is 48.5 Å². The molecular weight excluding hydrogens is 632 g/mol. The lowest BCUT2D eigenvalue weighted by atomic mass is 9.78. The summed E-state index contributed by atoms with van der Waals surface area (Å²) in [5.74, 6) is 1.87. The van der Waals surface area contributed by atoms with Crippen molar-refractivity contribution in [3.8, 4) is 17.2 Å². The van der Waals surface area contributed by atoms with Crippen LogP contribution in [0.4, 0.5) is 0 Å². The van der Waals surface area contributed by atoms with E-state index < -0.39 is 17.7 Å². The average molecular weight is 685 g/mol. The second kappa shape index (κ2) is 17.9. The summed E-state index contributed by atoms with van der Waals surface area (Å²) in [6.07, 6.45) is 9.24. The number of likely N-dealkylation sites (tertiary alicyclic amines) is 1. The van der Waals surface area contributed by atoms with Crippen molar-refractivity contribution in [1.82, 2.24) is 20.4 Å². The Balaban J connectivity index is 0.00000520. The Kier molecular flexibility index (Phi) is 14.0. The third-order valence-corrected chi connectivity index (χ3v) is 10.2. The third kappa shape index (κ3) is 9.01. The van der Waals surface area contributed by atoms with Gasteiger partial charge in [-0.05, 0) is 106 Å². The third-order valence-electron chi connectivity index (χ3n) is 10.2. The molecule has 2 saturated heterocycles. The lowest BCUT2D eigenvalue weighted by Gasteiger charge is -2.52. The van der Waals surface area contributed by atoms with Crippen LogP contribution in [-0.2, 0) is 9.59 Å². The van der Waals surface area contributed by atoms with Gasteiger partial charge < -0.3 is 35.0 Å². The normalized spacial score (nSPS) is 20.5. The first-order valence-corrected chi connectivity index (χ1v) is 17.6. The Morgan fingerprint density at radius 3 is 2.19 bits per heavy atom. The monoisotopic (exact) mass is 684 g/mol. The van der Waals surface area contributed by atoms with Crippen molar-refractivity contribution in [1.29, 1.82) is 0 Å². The molecule has 48 heavy (non-hydrogen) atoms. The fraction of sp³-hybridized carbons (Fsp3) is 0.595. The quantitative estimate of drug-likeness (QED) is 0.230. The standard InChI is InChI=1S/C37H52N4O6.ClH/c1-3-4-23-41-35(44)32(33(42)27-10-6-5-7-11-27)39-36(45)37(41)20-24-40(25-21-37)22-8-9-26-46-29-16-18-31(19-17-29)47-30-14-12-28(13-15-30)34(43)38-2;/h12-19,27,32-33,42H,3-11,20-26H2,1-2H3,(H,38,43)(H,39,45);1H/t32-,33-;/m1./s1. The number of rotatable bonds is 14. The van der Waals surface area contributed by atoms with Crippen LogP contribution >= 0.6 is 12.4 Å². The van der Waals surface area contributed by atoms with Crippen LogP contribution in [0, 0.1) is 5.92 Å². The first kappa shape index (κ1) is 37.5. The Labute approximate surface area is 291 Å². The number of nitrogens with zero attached hydrogens (tertiary/aromatic N) is 2. The fourth-order valence-corrected chi connectivity index (χ4v) is 7.29. The van der Waals surface area contributed by atoms with Crippen molar-refractivity contribution in [3.05, 3.63) is 54.1 Å². The van der Waals surface area contributed by atoms with Crippen LogP contribution in [0.3, 0.4) is 0 Å². The van der Waals surface area contributed by atoms with E-state index in [1.165, 1.54) is 6.42 Å². The molecule has 1 aliphatic carbocycles. The van der Waals surface area contributed by atoms with Gasteiger partial charge in [0, 0.05) is 32.2 Å². The smallest absolute Gasteiger partial charge is 0.251 e. The van der Waals surface area contributed by atoms with Crippen molar-refractivity contribution in [2.24, 2.45) is 5.92 Å². The number of piperazine rings is 1. The number of aliphatic hydroxyl groups excluding tert-OH is 1. The second-order valence-corrected chi connectivity index (χ2v) is 13.3. The van der Waals surface area contributed by atoms with Gasteiger partial charge in [-0.1, -0.05) is 32.6 Å². The maximum absolute atomic E-state index is 13.8. The van der Waals surface area contributed by atoms with E-state index in [-0.39, 0.29) is 36.0 Å². The number of aliphatic hydroxyl groups is 1. The van der Waals surface area contributed by atoms with Gasteiger partial charge >= 0.3 is 0 Å². The summed E-state index contributed by atoms with van der Waals surface area (Å²) in [5.41, 5.74) is -0.242. The maximum Gasteiger partial charge on any atom is 0.251 e. The van der Waals surface area contributed by atoms with E-state index in [0.29, 0.717) is 43.1 Å². The molecule has 3 amide bonds. The largest absolute Gasteiger partial charge is 0.494 e. The van der Waals surface area contributed by atoms with E-state index in [2.05, 4.69) is 22.5 Å². The molecule has 0 aromatic heterocycles. The molecule has 2 atom stereocenters. The molecule has 264 valence electrons. The molecule has 5 rings (SSSR count). The molecule has 0 unspecified atom stereocenters. The summed E-state index contributed by atoms with van der Waals surface area (Å²) in [5, 5.41) is 16.8. The number of hydrogen-bond acceptors (Lipinski definition) is 7. The number of unbranched alkanes of at least 4 members (excludes halogenated alkanes) is 2. The predicted molar refractivity (Wildman–Crippen MR) is 188 cm³/mol. The summed E-state index contributed by atoms with van der Waals surface area (Å²) < 4.78 is 11.8. The molecule has 2 aromatic rings. The van der Waals surface area contributed by atoms with Crippen LogP contribution in [0.2, 0.25) is 0 Å². The zero-order chi connectivity index (χ0) is 33.2. The molecule has 1 saturated carbocycles. The zero-order valence-electron chi connectivity index (χ0n) is 28.5. The van der Waals surface area contributed by atoms with E-state index >= 15 is 0 Å². The SMILES string of the molecule is CCCCN1C(=O)[C@@H]([C@H](O)C2CCCCC2)NC(=O)C12CCN(CCCCOc1ccc(Oc3ccc(C(=O)NC)cc3)cc1)CC2.Cl. The highest BCUT2D eigenvalue weighted by Crippen LogP contribution is 2.36. The van der Waals surface area contributed by atoms with Crippen LogP contribution < -0.4 is 20.1 Å². The van der Waals surface area contributed by atoms with Crippen LogP contribution in [0.5, 0.6) is 17.2 Å². The van der Waals surface area contributed by atoms with Crippen molar-refractivity contribution in [2.45, 2.75) is 95.2 Å². The number of carbonyl (C=O) groups is 3. The first-order valence-electron chi connectivity index (χ1n) is 17.6. The average Bonchev–Trinajstić information content (AvgIpc) is 3.11. The molecule has 2 aromatic carbocycles. The molecule has 3 aliphatic rings. The molecule has 1 spiro atoms. The van der Waals surface area contributed by atoms with E-state index in [1.807, 2.05) is 29.2 Å². The number of halogens is 1. The minimum atomic E-state index is -0.830. The summed E-state index contributed by atoms with van der Waals surface area (Å²) >= 11 is 0. The van der Waals surface area contributed by atoms with E-state index in [0.717, 1.165) is 76.8 Å². The Hall–Kier alpha value is -3.34. The number of piperidine rings is 1. The maximum atomic E-state index is 13.8. The first-order chi connectivity index (χ1) is 22.8. The molecule has 2 aliphatic heterocycles. The van der Waals surface area contributed by atoms with Crippen LogP contribution in [0.1, 0.15) is 87.9 Å². The van der Waals surface area contributed by atoms with Crippen molar-refractivity contribution < 1.29 is 29.0 Å². The fourth-order valence-electron chi connectivity index (χ4n) is 7.29. The van der Waals surface area contributed by atoms with Gasteiger partial charge in [-0.25, -0.2) is 0 Å². The molecule has 3 N–H and O–H groups in total. The van der Waals surface area contributed by atoms with Crippen LogP contribution in [0.25, 0.3) is 0 Å². The van der Waals surface area contributed by atoms with Gasteiger partial charge in [0.15, 0.2) is 0 Å². The Morgan fingerprint density at radius 1 is 0.938 bits per heavy atom. The van der Waals surface area contributed by atoms with E-state index in [4.69, 9.17) is 9.47 Å². The highest BCUT2D eigenvalue weighted by molar-refractivity contribution is 6.00. The summed E-state index contributed by atoms with van der Waals surface area (Å²) in [6, 6.07) is 13.6. The van der Waals surface area contributed by atoms with Gasteiger partial charge in [-0.15, -0.1) is 12.4 Å². The van der Waals surface area contributed by atoms with Gasteiger partial charge in [0.05, 0.1) is 12.7 Å². The van der Waals surface area contributed by atoms with E-state index in [1.54, 1.807) is 31.3 Å².